The minimum absolute atomic E-state index is 0.0993. The monoisotopic (exact) mass is 266 g/mol. The van der Waals surface area contributed by atoms with Crippen molar-refractivity contribution in [3.63, 3.8) is 0 Å². The van der Waals surface area contributed by atoms with Crippen molar-refractivity contribution in [3.05, 3.63) is 35.7 Å². The van der Waals surface area contributed by atoms with Crippen LogP contribution in [0.25, 0.3) is 6.08 Å². The molecule has 0 spiro atoms. The number of nitrogen functional groups attached to an aromatic ring is 1. The van der Waals surface area contributed by atoms with Crippen molar-refractivity contribution >= 4 is 17.9 Å². The standard InChI is InChI=1S/C14H19FN2O2/c1-14(2,3)19-13(18)17-9-5-7-10-6-4-8-11(16)12(10)15/h4-8H,9,16H2,1-3H3,(H,17,18). The molecule has 0 atom stereocenters. The van der Waals surface area contributed by atoms with Gasteiger partial charge in [-0.3, -0.25) is 0 Å². The van der Waals surface area contributed by atoms with E-state index in [-0.39, 0.29) is 12.2 Å². The van der Waals surface area contributed by atoms with Gasteiger partial charge in [-0.05, 0) is 26.8 Å². The van der Waals surface area contributed by atoms with Crippen LogP contribution in [0.2, 0.25) is 0 Å². The number of hydrogen-bond donors (Lipinski definition) is 2. The van der Waals surface area contributed by atoms with Gasteiger partial charge in [-0.2, -0.15) is 0 Å². The van der Waals surface area contributed by atoms with Gasteiger partial charge in [0.25, 0.3) is 0 Å². The van der Waals surface area contributed by atoms with E-state index in [0.29, 0.717) is 5.56 Å². The summed E-state index contributed by atoms with van der Waals surface area (Å²) < 4.78 is 18.6. The summed E-state index contributed by atoms with van der Waals surface area (Å²) in [5.41, 5.74) is 5.39. The number of halogens is 1. The molecule has 0 radical (unpaired) electrons. The predicted octanol–water partition coefficient (Wildman–Crippen LogP) is 2.95. The molecular formula is C14H19FN2O2. The van der Waals surface area contributed by atoms with Gasteiger partial charge in [-0.15, -0.1) is 0 Å². The van der Waals surface area contributed by atoms with E-state index in [4.69, 9.17) is 10.5 Å². The van der Waals surface area contributed by atoms with Crippen molar-refractivity contribution in [2.45, 2.75) is 26.4 Å². The Balaban J connectivity index is 2.47. The van der Waals surface area contributed by atoms with Crippen molar-refractivity contribution in [2.75, 3.05) is 12.3 Å². The zero-order valence-electron chi connectivity index (χ0n) is 11.4. The third kappa shape index (κ3) is 5.42. The molecule has 1 amide bonds. The first kappa shape index (κ1) is 15.0. The summed E-state index contributed by atoms with van der Waals surface area (Å²) in [4.78, 5) is 11.3. The van der Waals surface area contributed by atoms with Gasteiger partial charge in [0, 0.05) is 12.1 Å². The van der Waals surface area contributed by atoms with E-state index in [2.05, 4.69) is 5.32 Å². The summed E-state index contributed by atoms with van der Waals surface area (Å²) in [7, 11) is 0. The molecule has 0 saturated carbocycles. The van der Waals surface area contributed by atoms with Crippen LogP contribution in [0.3, 0.4) is 0 Å². The molecule has 19 heavy (non-hydrogen) atoms. The van der Waals surface area contributed by atoms with Gasteiger partial charge >= 0.3 is 6.09 Å². The number of amides is 1. The number of carbonyl (C=O) groups is 1. The molecule has 0 aromatic heterocycles. The van der Waals surface area contributed by atoms with Gasteiger partial charge in [0.1, 0.15) is 5.60 Å². The van der Waals surface area contributed by atoms with E-state index in [0.717, 1.165) is 0 Å². The fourth-order valence-corrected chi connectivity index (χ4v) is 1.34. The smallest absolute Gasteiger partial charge is 0.407 e. The van der Waals surface area contributed by atoms with Crippen molar-refractivity contribution < 1.29 is 13.9 Å². The molecule has 0 bridgehead atoms. The Kier molecular flexibility index (Phi) is 4.92. The number of hydrogen-bond acceptors (Lipinski definition) is 3. The highest BCUT2D eigenvalue weighted by molar-refractivity contribution is 5.68. The molecule has 104 valence electrons. The summed E-state index contributed by atoms with van der Waals surface area (Å²) in [5.74, 6) is -0.462. The van der Waals surface area contributed by atoms with Crippen LogP contribution in [0.5, 0.6) is 0 Å². The first-order chi connectivity index (χ1) is 8.79. The fraction of sp³-hybridized carbons (Fsp3) is 0.357. The summed E-state index contributed by atoms with van der Waals surface area (Å²) in [6.07, 6.45) is 2.68. The molecule has 1 aromatic carbocycles. The zero-order valence-corrected chi connectivity index (χ0v) is 11.4. The van der Waals surface area contributed by atoms with E-state index in [1.165, 1.54) is 6.07 Å². The molecule has 0 aliphatic heterocycles. The van der Waals surface area contributed by atoms with Crippen LogP contribution in [0.1, 0.15) is 26.3 Å². The SMILES string of the molecule is CC(C)(C)OC(=O)NCC=Cc1cccc(N)c1F. The van der Waals surface area contributed by atoms with Crippen LogP contribution < -0.4 is 11.1 Å². The van der Waals surface area contributed by atoms with Gasteiger partial charge in [0.2, 0.25) is 0 Å². The Bertz CT molecular complexity index is 479. The first-order valence-corrected chi connectivity index (χ1v) is 5.97. The second-order valence-corrected chi connectivity index (χ2v) is 5.04. The highest BCUT2D eigenvalue weighted by Crippen LogP contribution is 2.15. The molecule has 0 saturated heterocycles. The molecule has 3 N–H and O–H groups in total. The first-order valence-electron chi connectivity index (χ1n) is 5.97. The average Bonchev–Trinajstić information content (AvgIpc) is 2.27. The van der Waals surface area contributed by atoms with Crippen molar-refractivity contribution in [2.24, 2.45) is 0 Å². The number of alkyl carbamates (subject to hydrolysis) is 1. The van der Waals surface area contributed by atoms with E-state index in [9.17, 15) is 9.18 Å². The Hall–Kier alpha value is -2.04. The van der Waals surface area contributed by atoms with E-state index < -0.39 is 17.5 Å². The van der Waals surface area contributed by atoms with Crippen LogP contribution in [0.15, 0.2) is 24.3 Å². The van der Waals surface area contributed by atoms with E-state index in [1.54, 1.807) is 45.1 Å². The van der Waals surface area contributed by atoms with Crippen LogP contribution in [-0.2, 0) is 4.74 Å². The van der Waals surface area contributed by atoms with Crippen molar-refractivity contribution in [1.29, 1.82) is 0 Å². The topological polar surface area (TPSA) is 64.3 Å². The number of rotatable bonds is 3. The quantitative estimate of drug-likeness (QED) is 0.827. The number of anilines is 1. The molecule has 1 rings (SSSR count). The van der Waals surface area contributed by atoms with Gasteiger partial charge in [-0.25, -0.2) is 9.18 Å². The maximum Gasteiger partial charge on any atom is 0.407 e. The maximum absolute atomic E-state index is 13.5. The minimum Gasteiger partial charge on any atom is -0.444 e. The Morgan fingerprint density at radius 3 is 2.79 bits per heavy atom. The predicted molar refractivity (Wildman–Crippen MR) is 74.1 cm³/mol. The third-order valence-electron chi connectivity index (χ3n) is 2.12. The highest BCUT2D eigenvalue weighted by atomic mass is 19.1. The Morgan fingerprint density at radius 2 is 2.16 bits per heavy atom. The molecular weight excluding hydrogens is 247 g/mol. The Morgan fingerprint density at radius 1 is 1.47 bits per heavy atom. The van der Waals surface area contributed by atoms with Crippen molar-refractivity contribution in [3.8, 4) is 0 Å². The lowest BCUT2D eigenvalue weighted by atomic mass is 10.1. The molecule has 5 heteroatoms. The number of nitrogens with two attached hydrogens (primary N) is 1. The van der Waals surface area contributed by atoms with Gasteiger partial charge in [0.15, 0.2) is 5.82 Å². The lowest BCUT2D eigenvalue weighted by Gasteiger charge is -2.19. The van der Waals surface area contributed by atoms with Gasteiger partial charge in [0.05, 0.1) is 5.69 Å². The number of ether oxygens (including phenoxy) is 1. The number of carbonyl (C=O) groups excluding carboxylic acids is 1. The largest absolute Gasteiger partial charge is 0.444 e. The molecule has 0 fully saturated rings. The second kappa shape index (κ2) is 6.22. The summed E-state index contributed by atoms with van der Waals surface area (Å²) in [6.45, 7) is 5.60. The van der Waals surface area contributed by atoms with Crippen LogP contribution in [0, 0.1) is 5.82 Å². The van der Waals surface area contributed by atoms with E-state index >= 15 is 0 Å². The summed E-state index contributed by atoms with van der Waals surface area (Å²) >= 11 is 0. The maximum atomic E-state index is 13.5. The van der Waals surface area contributed by atoms with Crippen LogP contribution in [-0.4, -0.2) is 18.2 Å². The molecule has 0 aliphatic rings. The van der Waals surface area contributed by atoms with E-state index in [1.807, 2.05) is 0 Å². The normalized spacial score (nSPS) is 11.6. The summed E-state index contributed by atoms with van der Waals surface area (Å²) in [6, 6.07) is 4.76. The number of nitrogens with one attached hydrogen (secondary N) is 1. The lowest BCUT2D eigenvalue weighted by Crippen LogP contribution is -2.32. The second-order valence-electron chi connectivity index (χ2n) is 5.04. The Labute approximate surface area is 112 Å². The average molecular weight is 266 g/mol. The molecule has 1 aromatic rings. The minimum atomic E-state index is -0.534. The molecule has 0 aliphatic carbocycles. The van der Waals surface area contributed by atoms with Crippen molar-refractivity contribution in [1.82, 2.24) is 5.32 Å². The van der Waals surface area contributed by atoms with Gasteiger partial charge < -0.3 is 15.8 Å². The fourth-order valence-electron chi connectivity index (χ4n) is 1.34. The lowest BCUT2D eigenvalue weighted by molar-refractivity contribution is 0.0534. The highest BCUT2D eigenvalue weighted by Gasteiger charge is 2.14. The number of benzene rings is 1. The molecule has 0 unspecified atom stereocenters. The van der Waals surface area contributed by atoms with Crippen LogP contribution in [0.4, 0.5) is 14.9 Å². The zero-order chi connectivity index (χ0) is 14.5. The van der Waals surface area contributed by atoms with Gasteiger partial charge in [-0.1, -0.05) is 24.3 Å². The molecule has 4 nitrogen and oxygen atoms in total. The molecule has 0 heterocycles. The third-order valence-corrected chi connectivity index (χ3v) is 2.12. The van der Waals surface area contributed by atoms with Crippen LogP contribution >= 0.6 is 0 Å². The summed E-state index contributed by atoms with van der Waals surface area (Å²) in [5, 5.41) is 2.54.